The van der Waals surface area contributed by atoms with Gasteiger partial charge in [0.15, 0.2) is 0 Å². The van der Waals surface area contributed by atoms with Crippen molar-refractivity contribution in [3.63, 3.8) is 0 Å². The van der Waals surface area contributed by atoms with E-state index >= 15 is 0 Å². The molecule has 0 saturated carbocycles. The maximum absolute atomic E-state index is 6.25. The maximum atomic E-state index is 6.25. The van der Waals surface area contributed by atoms with Crippen molar-refractivity contribution >= 4 is 40.5 Å². The first-order valence-electron chi connectivity index (χ1n) is 6.78. The van der Waals surface area contributed by atoms with E-state index < -0.39 is 0 Å². The molecule has 0 radical (unpaired) electrons. The van der Waals surface area contributed by atoms with E-state index in [9.17, 15) is 0 Å². The standard InChI is InChI=1S/C15H18Cl2N4/c1-4-5-13-20-14(18)9(3)15(21-13)19-12-7-10(16)8(2)6-11(12)17/h6-7H,4-5H2,1-3H3,(H3,18,19,20,21). The molecule has 1 aromatic heterocycles. The molecule has 0 aliphatic rings. The molecule has 0 fully saturated rings. The molecule has 21 heavy (non-hydrogen) atoms. The number of aryl methyl sites for hydroxylation is 2. The zero-order chi connectivity index (χ0) is 15.6. The van der Waals surface area contributed by atoms with Crippen molar-refractivity contribution in [1.82, 2.24) is 9.97 Å². The Hall–Kier alpha value is -1.52. The van der Waals surface area contributed by atoms with Crippen LogP contribution in [0.4, 0.5) is 17.3 Å². The van der Waals surface area contributed by atoms with Crippen LogP contribution in [0.15, 0.2) is 12.1 Å². The molecule has 2 aromatic rings. The molecule has 6 heteroatoms. The molecule has 3 N–H and O–H groups in total. The minimum atomic E-state index is 0.477. The van der Waals surface area contributed by atoms with E-state index in [1.807, 2.05) is 19.9 Å². The Labute approximate surface area is 134 Å². The van der Waals surface area contributed by atoms with Gasteiger partial charge in [0.2, 0.25) is 0 Å². The highest BCUT2D eigenvalue weighted by molar-refractivity contribution is 6.35. The van der Waals surface area contributed by atoms with Crippen molar-refractivity contribution in [2.45, 2.75) is 33.6 Å². The molecule has 0 unspecified atom stereocenters. The summed E-state index contributed by atoms with van der Waals surface area (Å²) in [7, 11) is 0. The van der Waals surface area contributed by atoms with Crippen molar-refractivity contribution in [2.24, 2.45) is 0 Å². The average molecular weight is 325 g/mol. The van der Waals surface area contributed by atoms with Crippen molar-refractivity contribution in [2.75, 3.05) is 11.1 Å². The first kappa shape index (κ1) is 15.9. The Balaban J connectivity index is 2.41. The molecular formula is C15H18Cl2N4. The van der Waals surface area contributed by atoms with Crippen LogP contribution in [0.5, 0.6) is 0 Å². The topological polar surface area (TPSA) is 63.8 Å². The smallest absolute Gasteiger partial charge is 0.139 e. The Bertz CT molecular complexity index is 671. The molecule has 0 bridgehead atoms. The highest BCUT2D eigenvalue weighted by atomic mass is 35.5. The quantitative estimate of drug-likeness (QED) is 0.857. The Morgan fingerprint density at radius 2 is 1.86 bits per heavy atom. The molecule has 4 nitrogen and oxygen atoms in total. The highest BCUT2D eigenvalue weighted by Crippen LogP contribution is 2.32. The summed E-state index contributed by atoms with van der Waals surface area (Å²) in [5.74, 6) is 1.86. The van der Waals surface area contributed by atoms with E-state index in [4.69, 9.17) is 28.9 Å². The summed E-state index contributed by atoms with van der Waals surface area (Å²) in [6.45, 7) is 5.85. The predicted octanol–water partition coefficient (Wildman–Crippen LogP) is 4.68. The number of nitrogen functional groups attached to an aromatic ring is 1. The molecule has 1 heterocycles. The van der Waals surface area contributed by atoms with Crippen LogP contribution in [0, 0.1) is 13.8 Å². The van der Waals surface area contributed by atoms with Crippen molar-refractivity contribution in [3.05, 3.63) is 39.1 Å². The molecule has 1 aromatic carbocycles. The molecule has 0 saturated heterocycles. The Morgan fingerprint density at radius 3 is 2.52 bits per heavy atom. The van der Waals surface area contributed by atoms with Gasteiger partial charge < -0.3 is 11.1 Å². The molecule has 112 valence electrons. The predicted molar refractivity (Wildman–Crippen MR) is 89.7 cm³/mol. The summed E-state index contributed by atoms with van der Waals surface area (Å²) in [6.07, 6.45) is 1.74. The van der Waals surface area contributed by atoms with Gasteiger partial charge in [-0.05, 0) is 38.0 Å². The zero-order valence-electron chi connectivity index (χ0n) is 12.3. The fourth-order valence-electron chi connectivity index (χ4n) is 1.91. The van der Waals surface area contributed by atoms with Gasteiger partial charge in [0.05, 0.1) is 10.7 Å². The number of rotatable bonds is 4. The lowest BCUT2D eigenvalue weighted by Gasteiger charge is -2.14. The molecule has 2 rings (SSSR count). The number of nitrogens with zero attached hydrogens (tertiary/aromatic N) is 2. The van der Waals surface area contributed by atoms with E-state index in [1.54, 1.807) is 6.07 Å². The number of nitrogens with two attached hydrogens (primary N) is 1. The number of benzene rings is 1. The maximum Gasteiger partial charge on any atom is 0.139 e. The largest absolute Gasteiger partial charge is 0.383 e. The van der Waals surface area contributed by atoms with Gasteiger partial charge in [-0.25, -0.2) is 9.97 Å². The molecule has 0 aliphatic carbocycles. The number of anilines is 3. The lowest BCUT2D eigenvalue weighted by atomic mass is 10.2. The van der Waals surface area contributed by atoms with Gasteiger partial charge in [0, 0.05) is 17.0 Å². The fourth-order valence-corrected chi connectivity index (χ4v) is 2.34. The fraction of sp³-hybridized carbons (Fsp3) is 0.333. The van der Waals surface area contributed by atoms with E-state index in [0.29, 0.717) is 27.4 Å². The third-order valence-corrected chi connectivity index (χ3v) is 3.92. The second-order valence-corrected chi connectivity index (χ2v) is 5.77. The third-order valence-electron chi connectivity index (χ3n) is 3.20. The number of hydrogen-bond donors (Lipinski definition) is 2. The van der Waals surface area contributed by atoms with Gasteiger partial charge in [-0.3, -0.25) is 0 Å². The summed E-state index contributed by atoms with van der Waals surface area (Å²) in [6, 6.07) is 3.61. The monoisotopic (exact) mass is 324 g/mol. The minimum Gasteiger partial charge on any atom is -0.383 e. The van der Waals surface area contributed by atoms with Gasteiger partial charge in [-0.15, -0.1) is 0 Å². The summed E-state index contributed by atoms with van der Waals surface area (Å²) in [5.41, 5.74) is 8.37. The van der Waals surface area contributed by atoms with E-state index in [1.165, 1.54) is 0 Å². The third kappa shape index (κ3) is 3.57. The molecule has 0 amide bonds. The number of nitrogens with one attached hydrogen (secondary N) is 1. The van der Waals surface area contributed by atoms with Crippen LogP contribution in [-0.4, -0.2) is 9.97 Å². The summed E-state index contributed by atoms with van der Waals surface area (Å²) in [4.78, 5) is 8.79. The molecular weight excluding hydrogens is 307 g/mol. The summed E-state index contributed by atoms with van der Waals surface area (Å²) in [5, 5.41) is 4.44. The molecule has 0 atom stereocenters. The highest BCUT2D eigenvalue weighted by Gasteiger charge is 2.11. The van der Waals surface area contributed by atoms with Crippen molar-refractivity contribution < 1.29 is 0 Å². The Kier molecular flexibility index (Phi) is 4.91. The lowest BCUT2D eigenvalue weighted by molar-refractivity contribution is 0.836. The molecule has 0 aliphatic heterocycles. The van der Waals surface area contributed by atoms with E-state index in [0.717, 1.165) is 29.8 Å². The van der Waals surface area contributed by atoms with Crippen LogP contribution >= 0.6 is 23.2 Å². The van der Waals surface area contributed by atoms with E-state index in [2.05, 4.69) is 22.2 Å². The van der Waals surface area contributed by atoms with Gasteiger partial charge in [-0.1, -0.05) is 30.1 Å². The molecule has 0 spiro atoms. The van der Waals surface area contributed by atoms with Gasteiger partial charge in [0.1, 0.15) is 17.5 Å². The van der Waals surface area contributed by atoms with Crippen LogP contribution in [0.25, 0.3) is 0 Å². The Morgan fingerprint density at radius 1 is 1.14 bits per heavy atom. The normalized spacial score (nSPS) is 10.7. The number of aromatic nitrogens is 2. The van der Waals surface area contributed by atoms with Crippen LogP contribution in [0.1, 0.15) is 30.3 Å². The lowest BCUT2D eigenvalue weighted by Crippen LogP contribution is -2.07. The number of hydrogen-bond acceptors (Lipinski definition) is 4. The summed E-state index contributed by atoms with van der Waals surface area (Å²) < 4.78 is 0. The van der Waals surface area contributed by atoms with Gasteiger partial charge in [0.25, 0.3) is 0 Å². The SMILES string of the molecule is CCCc1nc(N)c(C)c(Nc2cc(Cl)c(C)cc2Cl)n1. The zero-order valence-corrected chi connectivity index (χ0v) is 13.8. The van der Waals surface area contributed by atoms with Crippen molar-refractivity contribution in [1.29, 1.82) is 0 Å². The van der Waals surface area contributed by atoms with Gasteiger partial charge >= 0.3 is 0 Å². The number of halogens is 2. The van der Waals surface area contributed by atoms with Crippen LogP contribution in [0.3, 0.4) is 0 Å². The van der Waals surface area contributed by atoms with Crippen LogP contribution in [-0.2, 0) is 6.42 Å². The van der Waals surface area contributed by atoms with Gasteiger partial charge in [-0.2, -0.15) is 0 Å². The minimum absolute atomic E-state index is 0.477. The first-order chi connectivity index (χ1) is 9.92. The first-order valence-corrected chi connectivity index (χ1v) is 7.53. The second-order valence-electron chi connectivity index (χ2n) is 4.95. The average Bonchev–Trinajstić information content (AvgIpc) is 2.42. The summed E-state index contributed by atoms with van der Waals surface area (Å²) >= 11 is 12.4. The van der Waals surface area contributed by atoms with Crippen LogP contribution in [0.2, 0.25) is 10.0 Å². The van der Waals surface area contributed by atoms with Crippen LogP contribution < -0.4 is 11.1 Å². The van der Waals surface area contributed by atoms with E-state index in [-0.39, 0.29) is 0 Å². The second kappa shape index (κ2) is 6.50. The van der Waals surface area contributed by atoms with Crippen molar-refractivity contribution in [3.8, 4) is 0 Å².